The third-order valence-electron chi connectivity index (χ3n) is 3.13. The van der Waals surface area contributed by atoms with E-state index in [0.717, 1.165) is 0 Å². The molecule has 2 saturated heterocycles. The highest BCUT2D eigenvalue weighted by Crippen LogP contribution is 2.24. The molecule has 2 aliphatic heterocycles. The number of cyclic esters (lactones) is 1. The van der Waals surface area contributed by atoms with Gasteiger partial charge < -0.3 is 14.4 Å². The second-order valence-electron chi connectivity index (χ2n) is 5.78. The van der Waals surface area contributed by atoms with Crippen molar-refractivity contribution in [3.8, 4) is 0 Å². The van der Waals surface area contributed by atoms with Crippen LogP contribution in [0, 0.1) is 0 Å². The topological polar surface area (TPSA) is 59.1 Å². The maximum atomic E-state index is 11.9. The minimum atomic E-state index is -0.498. The fourth-order valence-corrected chi connectivity index (χ4v) is 2.24. The van der Waals surface area contributed by atoms with Crippen molar-refractivity contribution in [2.45, 2.75) is 45.4 Å². The van der Waals surface area contributed by atoms with Gasteiger partial charge in [-0.15, -0.1) is 0 Å². The summed E-state index contributed by atoms with van der Waals surface area (Å²) in [5.41, 5.74) is -0.498. The average molecular weight is 256 g/mol. The standard InChI is InChI=1S/C12H20N2O4/c1-8-9-7-13(10(15)18-12(2,3)4)5-6-14(9)11(16)17-8/h8-9H,5-7H2,1-4H3/t8-,9-/m0/s1. The van der Waals surface area contributed by atoms with Gasteiger partial charge in [-0.2, -0.15) is 0 Å². The number of hydrogen-bond donors (Lipinski definition) is 0. The van der Waals surface area contributed by atoms with Gasteiger partial charge in [0.2, 0.25) is 0 Å². The lowest BCUT2D eigenvalue weighted by molar-refractivity contribution is 0.0106. The van der Waals surface area contributed by atoms with E-state index in [1.807, 2.05) is 27.7 Å². The highest BCUT2D eigenvalue weighted by atomic mass is 16.6. The van der Waals surface area contributed by atoms with Crippen LogP contribution in [0.2, 0.25) is 0 Å². The zero-order chi connectivity index (χ0) is 13.5. The molecule has 2 atom stereocenters. The molecule has 0 aliphatic carbocycles. The lowest BCUT2D eigenvalue weighted by atomic mass is 10.1. The van der Waals surface area contributed by atoms with Crippen LogP contribution in [0.1, 0.15) is 27.7 Å². The Balaban J connectivity index is 1.98. The molecule has 0 aromatic heterocycles. The molecule has 0 bridgehead atoms. The molecule has 2 fully saturated rings. The van der Waals surface area contributed by atoms with Gasteiger partial charge in [-0.1, -0.05) is 0 Å². The second-order valence-corrected chi connectivity index (χ2v) is 5.78. The summed E-state index contributed by atoms with van der Waals surface area (Å²) >= 11 is 0. The molecule has 2 amide bonds. The van der Waals surface area contributed by atoms with Gasteiger partial charge in [0.05, 0.1) is 6.04 Å². The highest BCUT2D eigenvalue weighted by molar-refractivity contribution is 5.73. The van der Waals surface area contributed by atoms with E-state index >= 15 is 0 Å². The smallest absolute Gasteiger partial charge is 0.410 e. The first-order valence-electron chi connectivity index (χ1n) is 6.23. The van der Waals surface area contributed by atoms with E-state index in [4.69, 9.17) is 9.47 Å². The lowest BCUT2D eigenvalue weighted by Crippen LogP contribution is -2.55. The first kappa shape index (κ1) is 13.0. The molecule has 0 aromatic carbocycles. The van der Waals surface area contributed by atoms with Gasteiger partial charge in [-0.3, -0.25) is 4.90 Å². The monoisotopic (exact) mass is 256 g/mol. The second kappa shape index (κ2) is 4.33. The maximum Gasteiger partial charge on any atom is 0.410 e. The molecule has 18 heavy (non-hydrogen) atoms. The Bertz CT molecular complexity index is 364. The summed E-state index contributed by atoms with van der Waals surface area (Å²) < 4.78 is 10.5. The van der Waals surface area contributed by atoms with Crippen molar-refractivity contribution >= 4 is 12.2 Å². The third-order valence-corrected chi connectivity index (χ3v) is 3.13. The summed E-state index contributed by atoms with van der Waals surface area (Å²) in [7, 11) is 0. The summed E-state index contributed by atoms with van der Waals surface area (Å²) in [4.78, 5) is 26.8. The van der Waals surface area contributed by atoms with Crippen molar-refractivity contribution < 1.29 is 19.1 Å². The summed E-state index contributed by atoms with van der Waals surface area (Å²) in [6.07, 6.45) is -0.784. The largest absolute Gasteiger partial charge is 0.444 e. The minimum absolute atomic E-state index is 0.0567. The Hall–Kier alpha value is -1.46. The summed E-state index contributed by atoms with van der Waals surface area (Å²) in [6.45, 7) is 8.84. The van der Waals surface area contributed by atoms with E-state index in [1.54, 1.807) is 9.80 Å². The molecule has 0 saturated carbocycles. The van der Waals surface area contributed by atoms with Gasteiger partial charge in [0, 0.05) is 19.6 Å². The van der Waals surface area contributed by atoms with E-state index in [2.05, 4.69) is 0 Å². The molecule has 102 valence electrons. The van der Waals surface area contributed by atoms with Gasteiger partial charge in [-0.05, 0) is 27.7 Å². The van der Waals surface area contributed by atoms with E-state index < -0.39 is 5.60 Å². The Morgan fingerprint density at radius 3 is 2.67 bits per heavy atom. The molecule has 0 radical (unpaired) electrons. The summed E-state index contributed by atoms with van der Waals surface area (Å²) in [5, 5.41) is 0. The number of amides is 2. The SMILES string of the molecule is C[C@@H]1OC(=O)N2CCN(C(=O)OC(C)(C)C)C[C@@H]12. The van der Waals surface area contributed by atoms with Crippen LogP contribution < -0.4 is 0 Å². The Morgan fingerprint density at radius 1 is 1.39 bits per heavy atom. The average Bonchev–Trinajstić information content (AvgIpc) is 2.52. The highest BCUT2D eigenvalue weighted by Gasteiger charge is 2.44. The number of carbonyl (C=O) groups excluding carboxylic acids is 2. The van der Waals surface area contributed by atoms with E-state index in [-0.39, 0.29) is 24.3 Å². The molecule has 6 nitrogen and oxygen atoms in total. The summed E-state index contributed by atoms with van der Waals surface area (Å²) in [6, 6.07) is -0.0567. The number of rotatable bonds is 0. The number of piperazine rings is 1. The Labute approximate surface area is 107 Å². The predicted molar refractivity (Wildman–Crippen MR) is 64.2 cm³/mol. The number of carbonyl (C=O) groups is 2. The van der Waals surface area contributed by atoms with Crippen LogP contribution in [-0.2, 0) is 9.47 Å². The van der Waals surface area contributed by atoms with Crippen LogP contribution in [0.15, 0.2) is 0 Å². The van der Waals surface area contributed by atoms with Crippen LogP contribution in [0.25, 0.3) is 0 Å². The molecule has 2 rings (SSSR count). The maximum absolute atomic E-state index is 11.9. The fraction of sp³-hybridized carbons (Fsp3) is 0.833. The van der Waals surface area contributed by atoms with Crippen LogP contribution >= 0.6 is 0 Å². The number of hydrogen-bond acceptors (Lipinski definition) is 4. The van der Waals surface area contributed by atoms with Gasteiger partial charge >= 0.3 is 12.2 Å². The zero-order valence-corrected chi connectivity index (χ0v) is 11.3. The zero-order valence-electron chi connectivity index (χ0n) is 11.3. The lowest BCUT2D eigenvalue weighted by Gasteiger charge is -2.37. The minimum Gasteiger partial charge on any atom is -0.444 e. The first-order valence-corrected chi connectivity index (χ1v) is 6.23. The van der Waals surface area contributed by atoms with Crippen molar-refractivity contribution in [3.05, 3.63) is 0 Å². The number of fused-ring (bicyclic) bond motifs is 1. The summed E-state index contributed by atoms with van der Waals surface area (Å²) in [5.74, 6) is 0. The molecular formula is C12H20N2O4. The molecule has 0 aromatic rings. The molecule has 0 N–H and O–H groups in total. The molecule has 0 unspecified atom stereocenters. The Kier molecular flexibility index (Phi) is 3.12. The van der Waals surface area contributed by atoms with Crippen molar-refractivity contribution in [1.82, 2.24) is 9.80 Å². The van der Waals surface area contributed by atoms with Gasteiger partial charge in [0.15, 0.2) is 0 Å². The molecule has 0 spiro atoms. The van der Waals surface area contributed by atoms with E-state index in [9.17, 15) is 9.59 Å². The quantitative estimate of drug-likeness (QED) is 0.658. The van der Waals surface area contributed by atoms with Crippen molar-refractivity contribution in [1.29, 1.82) is 0 Å². The van der Waals surface area contributed by atoms with Gasteiger partial charge in [-0.25, -0.2) is 9.59 Å². The van der Waals surface area contributed by atoms with Crippen molar-refractivity contribution in [2.24, 2.45) is 0 Å². The van der Waals surface area contributed by atoms with Crippen LogP contribution in [0.4, 0.5) is 9.59 Å². The van der Waals surface area contributed by atoms with Crippen LogP contribution in [-0.4, -0.2) is 59.4 Å². The van der Waals surface area contributed by atoms with Crippen molar-refractivity contribution in [2.75, 3.05) is 19.6 Å². The Morgan fingerprint density at radius 2 is 2.06 bits per heavy atom. The van der Waals surface area contributed by atoms with E-state index in [0.29, 0.717) is 19.6 Å². The molecule has 6 heteroatoms. The molecular weight excluding hydrogens is 236 g/mol. The predicted octanol–water partition coefficient (Wildman–Crippen LogP) is 1.45. The first-order chi connectivity index (χ1) is 8.28. The van der Waals surface area contributed by atoms with Crippen LogP contribution in [0.3, 0.4) is 0 Å². The van der Waals surface area contributed by atoms with Crippen molar-refractivity contribution in [3.63, 3.8) is 0 Å². The third kappa shape index (κ3) is 2.52. The van der Waals surface area contributed by atoms with Gasteiger partial charge in [0.25, 0.3) is 0 Å². The normalized spacial score (nSPS) is 27.9. The fourth-order valence-electron chi connectivity index (χ4n) is 2.24. The van der Waals surface area contributed by atoms with Gasteiger partial charge in [0.1, 0.15) is 11.7 Å². The van der Waals surface area contributed by atoms with E-state index in [1.165, 1.54) is 0 Å². The number of ether oxygens (including phenoxy) is 2. The number of nitrogens with zero attached hydrogens (tertiary/aromatic N) is 2. The molecule has 2 heterocycles. The molecule has 2 aliphatic rings. The van der Waals surface area contributed by atoms with Crippen LogP contribution in [0.5, 0.6) is 0 Å².